The van der Waals surface area contributed by atoms with Crippen LogP contribution in [0.1, 0.15) is 18.4 Å². The molecule has 0 heterocycles. The van der Waals surface area contributed by atoms with Gasteiger partial charge in [-0.05, 0) is 18.6 Å². The van der Waals surface area contributed by atoms with Crippen LogP contribution in [0, 0.1) is 32.8 Å². The Bertz CT molecular complexity index is 500. The Labute approximate surface area is 97.8 Å². The molecule has 0 aliphatic heterocycles. The van der Waals surface area contributed by atoms with Crippen LogP contribution in [0.2, 0.25) is 0 Å². The average molecular weight is 231 g/mol. The molecule has 17 heavy (non-hydrogen) atoms. The van der Waals surface area contributed by atoms with E-state index in [1.807, 2.05) is 12.1 Å². The normalized spacial score (nSPS) is 9.06. The van der Waals surface area contributed by atoms with Crippen molar-refractivity contribution in [2.45, 2.75) is 12.8 Å². The fraction of sp³-hybridized carbons (Fsp3) is 0.273. The molecule has 0 fully saturated rings. The van der Waals surface area contributed by atoms with Gasteiger partial charge in [0.1, 0.15) is 0 Å². The van der Waals surface area contributed by atoms with E-state index in [9.17, 15) is 10.1 Å². The van der Waals surface area contributed by atoms with Gasteiger partial charge in [0.15, 0.2) is 5.75 Å². The summed E-state index contributed by atoms with van der Waals surface area (Å²) in [5, 5.41) is 27.7. The monoisotopic (exact) mass is 231 g/mol. The number of unbranched alkanes of at least 4 members (excludes halogenated alkanes) is 1. The van der Waals surface area contributed by atoms with Gasteiger partial charge in [0.25, 0.3) is 0 Å². The Balaban J connectivity index is 2.81. The molecule has 0 aliphatic carbocycles. The zero-order valence-corrected chi connectivity index (χ0v) is 8.92. The van der Waals surface area contributed by atoms with E-state index in [2.05, 4.69) is 0 Å². The second-order valence-corrected chi connectivity index (χ2v) is 3.16. The van der Waals surface area contributed by atoms with Crippen LogP contribution in [0.3, 0.4) is 0 Å². The number of nitro groups is 1. The van der Waals surface area contributed by atoms with Gasteiger partial charge in [-0.2, -0.15) is 10.5 Å². The van der Waals surface area contributed by atoms with Crippen molar-refractivity contribution in [3.63, 3.8) is 0 Å². The van der Waals surface area contributed by atoms with Crippen LogP contribution in [0.25, 0.3) is 0 Å². The highest BCUT2D eigenvalue weighted by Gasteiger charge is 2.15. The Kier molecular flexibility index (Phi) is 4.46. The minimum atomic E-state index is -0.597. The van der Waals surface area contributed by atoms with Gasteiger partial charge in [-0.15, -0.1) is 0 Å². The number of nitrogens with zero attached hydrogens (tertiary/aromatic N) is 3. The van der Waals surface area contributed by atoms with Gasteiger partial charge in [0.2, 0.25) is 0 Å². The number of benzene rings is 1. The Hall–Kier alpha value is -2.60. The molecule has 6 heteroatoms. The molecule has 1 aromatic rings. The minimum absolute atomic E-state index is 0.118. The first-order valence-electron chi connectivity index (χ1n) is 4.87. The van der Waals surface area contributed by atoms with Crippen molar-refractivity contribution in [3.8, 4) is 17.9 Å². The van der Waals surface area contributed by atoms with E-state index in [-0.39, 0.29) is 23.6 Å². The molecule has 0 aliphatic rings. The highest BCUT2D eigenvalue weighted by Crippen LogP contribution is 2.27. The molecule has 1 rings (SSSR count). The molecule has 0 amide bonds. The van der Waals surface area contributed by atoms with Crippen LogP contribution >= 0.6 is 0 Å². The highest BCUT2D eigenvalue weighted by atomic mass is 16.6. The second-order valence-electron chi connectivity index (χ2n) is 3.16. The smallest absolute Gasteiger partial charge is 0.312 e. The molecule has 0 saturated carbocycles. The molecule has 0 bridgehead atoms. The van der Waals surface area contributed by atoms with Crippen molar-refractivity contribution in [2.24, 2.45) is 0 Å². The number of hydrogen-bond acceptors (Lipinski definition) is 5. The third-order valence-corrected chi connectivity index (χ3v) is 1.98. The quantitative estimate of drug-likeness (QED) is 0.439. The molecule has 1 aromatic carbocycles. The lowest BCUT2D eigenvalue weighted by atomic mass is 10.2. The largest absolute Gasteiger partial charge is 0.487 e. The summed E-state index contributed by atoms with van der Waals surface area (Å²) in [5.41, 5.74) is -0.0258. The number of ether oxygens (including phenoxy) is 1. The molecular formula is C11H9N3O3. The number of nitriles is 2. The maximum Gasteiger partial charge on any atom is 0.312 e. The molecule has 0 aromatic heterocycles. The molecule has 0 unspecified atom stereocenters. The summed E-state index contributed by atoms with van der Waals surface area (Å²) in [6.45, 7) is 0.236. The van der Waals surface area contributed by atoms with Crippen molar-refractivity contribution in [1.82, 2.24) is 0 Å². The van der Waals surface area contributed by atoms with E-state index in [4.69, 9.17) is 15.3 Å². The Morgan fingerprint density at radius 1 is 1.41 bits per heavy atom. The molecule has 0 saturated heterocycles. The maximum absolute atomic E-state index is 10.7. The summed E-state index contributed by atoms with van der Waals surface area (Å²) in [4.78, 5) is 10.1. The second kappa shape index (κ2) is 6.09. The molecular weight excluding hydrogens is 222 g/mol. The highest BCUT2D eigenvalue weighted by molar-refractivity contribution is 5.51. The summed E-state index contributed by atoms with van der Waals surface area (Å²) >= 11 is 0. The molecule has 0 N–H and O–H groups in total. The molecule has 0 atom stereocenters. The topological polar surface area (TPSA) is 99.9 Å². The summed E-state index contributed by atoms with van der Waals surface area (Å²) in [6, 6.07) is 7.78. The van der Waals surface area contributed by atoms with Crippen LogP contribution in [0.15, 0.2) is 18.2 Å². The van der Waals surface area contributed by atoms with Gasteiger partial charge in [-0.3, -0.25) is 10.1 Å². The van der Waals surface area contributed by atoms with Crippen molar-refractivity contribution >= 4 is 5.69 Å². The van der Waals surface area contributed by atoms with E-state index in [1.54, 1.807) is 0 Å². The lowest BCUT2D eigenvalue weighted by molar-refractivity contribution is -0.385. The predicted molar refractivity (Wildman–Crippen MR) is 58.2 cm³/mol. The zero-order valence-electron chi connectivity index (χ0n) is 8.92. The van der Waals surface area contributed by atoms with Gasteiger partial charge < -0.3 is 4.74 Å². The van der Waals surface area contributed by atoms with Crippen LogP contribution < -0.4 is 4.74 Å². The Morgan fingerprint density at radius 3 is 2.76 bits per heavy atom. The SMILES string of the molecule is N#CCCCOc1ccc(C#N)cc1[N+](=O)[O-]. The molecule has 6 nitrogen and oxygen atoms in total. The minimum Gasteiger partial charge on any atom is -0.487 e. The number of rotatable bonds is 5. The summed E-state index contributed by atoms with van der Waals surface area (Å²) in [6.07, 6.45) is 0.845. The standard InChI is InChI=1S/C11H9N3O3/c12-5-1-2-6-17-11-4-3-9(8-13)7-10(11)14(15)16/h3-4,7H,1-2,6H2. The summed E-state index contributed by atoms with van der Waals surface area (Å²) < 4.78 is 5.20. The van der Waals surface area contributed by atoms with E-state index in [1.165, 1.54) is 18.2 Å². The van der Waals surface area contributed by atoms with E-state index in [0.29, 0.717) is 12.8 Å². The van der Waals surface area contributed by atoms with Crippen molar-refractivity contribution in [3.05, 3.63) is 33.9 Å². The molecule has 0 spiro atoms. The van der Waals surface area contributed by atoms with Gasteiger partial charge in [0.05, 0.1) is 29.2 Å². The first-order valence-corrected chi connectivity index (χ1v) is 4.87. The van der Waals surface area contributed by atoms with Crippen LogP contribution in [0.4, 0.5) is 5.69 Å². The fourth-order valence-electron chi connectivity index (χ4n) is 1.19. The predicted octanol–water partition coefficient (Wildman–Crippen LogP) is 2.15. The van der Waals surface area contributed by atoms with Gasteiger partial charge in [-0.1, -0.05) is 0 Å². The maximum atomic E-state index is 10.7. The molecule has 0 radical (unpaired) electrons. The fourth-order valence-corrected chi connectivity index (χ4v) is 1.19. The van der Waals surface area contributed by atoms with Gasteiger partial charge in [0, 0.05) is 12.5 Å². The van der Waals surface area contributed by atoms with E-state index in [0.717, 1.165) is 0 Å². The average Bonchev–Trinajstić information content (AvgIpc) is 2.34. The third kappa shape index (κ3) is 3.47. The van der Waals surface area contributed by atoms with E-state index < -0.39 is 4.92 Å². The number of nitro benzene ring substituents is 1. The van der Waals surface area contributed by atoms with Crippen molar-refractivity contribution in [2.75, 3.05) is 6.61 Å². The first-order chi connectivity index (χ1) is 8.19. The third-order valence-electron chi connectivity index (χ3n) is 1.98. The first kappa shape index (κ1) is 12.5. The summed E-state index contributed by atoms with van der Waals surface area (Å²) in [5.74, 6) is 0.118. The Morgan fingerprint density at radius 2 is 2.18 bits per heavy atom. The van der Waals surface area contributed by atoms with E-state index >= 15 is 0 Å². The van der Waals surface area contributed by atoms with Crippen LogP contribution in [-0.4, -0.2) is 11.5 Å². The van der Waals surface area contributed by atoms with Crippen molar-refractivity contribution in [1.29, 1.82) is 10.5 Å². The van der Waals surface area contributed by atoms with Gasteiger partial charge >= 0.3 is 5.69 Å². The van der Waals surface area contributed by atoms with Crippen LogP contribution in [-0.2, 0) is 0 Å². The lowest BCUT2D eigenvalue weighted by Crippen LogP contribution is -2.00. The molecule has 86 valence electrons. The summed E-state index contributed by atoms with van der Waals surface area (Å²) in [7, 11) is 0. The zero-order chi connectivity index (χ0) is 12.7. The van der Waals surface area contributed by atoms with Gasteiger partial charge in [-0.25, -0.2) is 0 Å². The lowest BCUT2D eigenvalue weighted by Gasteiger charge is -2.05. The van der Waals surface area contributed by atoms with Crippen LogP contribution in [0.5, 0.6) is 5.75 Å². The number of hydrogen-bond donors (Lipinski definition) is 0. The van der Waals surface area contributed by atoms with Crippen molar-refractivity contribution < 1.29 is 9.66 Å².